The summed E-state index contributed by atoms with van der Waals surface area (Å²) in [5.74, 6) is 1.55. The Bertz CT molecular complexity index is 363. The third-order valence-electron chi connectivity index (χ3n) is 3.84. The average Bonchev–Trinajstić information content (AvgIpc) is 2.78. The van der Waals surface area contributed by atoms with Crippen molar-refractivity contribution in [2.75, 3.05) is 18.0 Å². The van der Waals surface area contributed by atoms with Crippen LogP contribution < -0.4 is 4.90 Å². The Balaban J connectivity index is 2.05. The number of rotatable bonds is 4. The highest BCUT2D eigenvalue weighted by atomic mass is 16.5. The highest BCUT2D eigenvalue weighted by Crippen LogP contribution is 2.33. The van der Waals surface area contributed by atoms with Crippen molar-refractivity contribution < 1.29 is 4.52 Å². The third kappa shape index (κ3) is 2.79. The van der Waals surface area contributed by atoms with Gasteiger partial charge < -0.3 is 9.42 Å². The summed E-state index contributed by atoms with van der Waals surface area (Å²) < 4.78 is 5.26. The Hall–Kier alpha value is -1.06. The molecule has 0 bridgehead atoms. The molecule has 1 atom stereocenters. The quantitative estimate of drug-likeness (QED) is 0.807. The van der Waals surface area contributed by atoms with Crippen LogP contribution in [-0.4, -0.2) is 23.2 Å². The van der Waals surface area contributed by atoms with E-state index in [1.807, 2.05) is 0 Å². The molecule has 0 amide bonds. The Morgan fingerprint density at radius 1 is 1.41 bits per heavy atom. The van der Waals surface area contributed by atoms with E-state index in [9.17, 15) is 0 Å². The van der Waals surface area contributed by atoms with Crippen molar-refractivity contribution in [1.29, 1.82) is 0 Å². The number of piperidine rings is 1. The van der Waals surface area contributed by atoms with Crippen molar-refractivity contribution in [1.82, 2.24) is 10.1 Å². The summed E-state index contributed by atoms with van der Waals surface area (Å²) in [5.41, 5.74) is 0.407. The van der Waals surface area contributed by atoms with Crippen molar-refractivity contribution in [3.63, 3.8) is 0 Å². The van der Waals surface area contributed by atoms with E-state index in [1.54, 1.807) is 0 Å². The Labute approximate surface area is 103 Å². The molecule has 4 heteroatoms. The SMILES string of the molecule is CCCc1nc(N2CCCC(C)(CC)C2)no1. The van der Waals surface area contributed by atoms with Gasteiger partial charge in [-0.15, -0.1) is 0 Å². The number of aromatic nitrogens is 2. The summed E-state index contributed by atoms with van der Waals surface area (Å²) in [6.07, 6.45) is 5.67. The fraction of sp³-hybridized carbons (Fsp3) is 0.846. The lowest BCUT2D eigenvalue weighted by molar-refractivity contribution is 0.248. The lowest BCUT2D eigenvalue weighted by Gasteiger charge is -2.39. The average molecular weight is 237 g/mol. The lowest BCUT2D eigenvalue weighted by atomic mass is 9.80. The summed E-state index contributed by atoms with van der Waals surface area (Å²) in [6.45, 7) is 8.85. The van der Waals surface area contributed by atoms with E-state index < -0.39 is 0 Å². The van der Waals surface area contributed by atoms with E-state index >= 15 is 0 Å². The van der Waals surface area contributed by atoms with Gasteiger partial charge in [-0.05, 0) is 36.3 Å². The van der Waals surface area contributed by atoms with Crippen LogP contribution in [0.5, 0.6) is 0 Å². The molecule has 0 radical (unpaired) electrons. The summed E-state index contributed by atoms with van der Waals surface area (Å²) in [4.78, 5) is 6.75. The largest absolute Gasteiger partial charge is 0.338 e. The van der Waals surface area contributed by atoms with E-state index in [0.29, 0.717) is 5.41 Å². The number of aryl methyl sites for hydroxylation is 1. The summed E-state index contributed by atoms with van der Waals surface area (Å²) in [6, 6.07) is 0. The molecule has 1 saturated heterocycles. The van der Waals surface area contributed by atoms with Gasteiger partial charge in [0.05, 0.1) is 0 Å². The van der Waals surface area contributed by atoms with Crippen LogP contribution in [-0.2, 0) is 6.42 Å². The van der Waals surface area contributed by atoms with Crippen LogP contribution in [0.2, 0.25) is 0 Å². The van der Waals surface area contributed by atoms with E-state index in [0.717, 1.165) is 37.8 Å². The van der Waals surface area contributed by atoms with Crippen LogP contribution in [0.15, 0.2) is 4.52 Å². The summed E-state index contributed by atoms with van der Waals surface area (Å²) >= 11 is 0. The zero-order chi connectivity index (χ0) is 12.3. The molecule has 1 unspecified atom stereocenters. The molecule has 0 N–H and O–H groups in total. The predicted molar refractivity (Wildman–Crippen MR) is 68.1 cm³/mol. The van der Waals surface area contributed by atoms with Gasteiger partial charge in [0.2, 0.25) is 5.89 Å². The van der Waals surface area contributed by atoms with E-state index in [2.05, 4.69) is 35.8 Å². The van der Waals surface area contributed by atoms with Gasteiger partial charge in [0.25, 0.3) is 5.95 Å². The van der Waals surface area contributed by atoms with Gasteiger partial charge in [-0.1, -0.05) is 20.8 Å². The minimum Gasteiger partial charge on any atom is -0.338 e. The first-order chi connectivity index (χ1) is 8.17. The minimum absolute atomic E-state index is 0.407. The Morgan fingerprint density at radius 3 is 2.94 bits per heavy atom. The fourth-order valence-electron chi connectivity index (χ4n) is 2.46. The molecule has 1 aliphatic heterocycles. The molecule has 1 aromatic rings. The highest BCUT2D eigenvalue weighted by Gasteiger charge is 2.31. The molecule has 4 nitrogen and oxygen atoms in total. The molecule has 1 fully saturated rings. The van der Waals surface area contributed by atoms with E-state index in [4.69, 9.17) is 4.52 Å². The first-order valence-electron chi connectivity index (χ1n) is 6.74. The van der Waals surface area contributed by atoms with E-state index in [-0.39, 0.29) is 0 Å². The molecule has 0 aliphatic carbocycles. The fourth-order valence-corrected chi connectivity index (χ4v) is 2.46. The van der Waals surface area contributed by atoms with Crippen LogP contribution >= 0.6 is 0 Å². The number of hydrogen-bond donors (Lipinski definition) is 0. The van der Waals surface area contributed by atoms with Crippen LogP contribution in [0.1, 0.15) is 52.3 Å². The van der Waals surface area contributed by atoms with Gasteiger partial charge in [0, 0.05) is 19.5 Å². The van der Waals surface area contributed by atoms with Gasteiger partial charge in [0.1, 0.15) is 0 Å². The topological polar surface area (TPSA) is 42.2 Å². The molecule has 96 valence electrons. The normalized spacial score (nSPS) is 25.2. The maximum atomic E-state index is 5.26. The molecule has 2 heterocycles. The van der Waals surface area contributed by atoms with Crippen molar-refractivity contribution in [3.05, 3.63) is 5.89 Å². The maximum absolute atomic E-state index is 5.26. The smallest absolute Gasteiger partial charge is 0.266 e. The van der Waals surface area contributed by atoms with Crippen molar-refractivity contribution in [2.45, 2.75) is 52.9 Å². The molecule has 0 saturated carbocycles. The third-order valence-corrected chi connectivity index (χ3v) is 3.84. The van der Waals surface area contributed by atoms with Crippen molar-refractivity contribution in [3.8, 4) is 0 Å². The zero-order valence-electron chi connectivity index (χ0n) is 11.2. The second kappa shape index (κ2) is 5.07. The minimum atomic E-state index is 0.407. The molecule has 1 aromatic heterocycles. The molecule has 0 spiro atoms. The maximum Gasteiger partial charge on any atom is 0.266 e. The molecular formula is C13H23N3O. The monoisotopic (exact) mass is 237 g/mol. The second-order valence-electron chi connectivity index (χ2n) is 5.43. The van der Waals surface area contributed by atoms with E-state index in [1.165, 1.54) is 19.3 Å². The molecule has 17 heavy (non-hydrogen) atoms. The highest BCUT2D eigenvalue weighted by molar-refractivity contribution is 5.29. The first-order valence-corrected chi connectivity index (χ1v) is 6.74. The van der Waals surface area contributed by atoms with Crippen molar-refractivity contribution in [2.24, 2.45) is 5.41 Å². The second-order valence-corrected chi connectivity index (χ2v) is 5.43. The van der Waals surface area contributed by atoms with Crippen LogP contribution in [0.25, 0.3) is 0 Å². The van der Waals surface area contributed by atoms with Crippen LogP contribution in [0.3, 0.4) is 0 Å². The van der Waals surface area contributed by atoms with Gasteiger partial charge >= 0.3 is 0 Å². The lowest BCUT2D eigenvalue weighted by Crippen LogP contribution is -2.41. The van der Waals surface area contributed by atoms with Crippen LogP contribution in [0, 0.1) is 5.41 Å². The van der Waals surface area contributed by atoms with Gasteiger partial charge in [0.15, 0.2) is 0 Å². The van der Waals surface area contributed by atoms with Gasteiger partial charge in [-0.3, -0.25) is 0 Å². The van der Waals surface area contributed by atoms with Crippen LogP contribution in [0.4, 0.5) is 5.95 Å². The standard InChI is InChI=1S/C13H23N3O/c1-4-7-11-14-12(15-17-11)16-9-6-8-13(3,5-2)10-16/h4-10H2,1-3H3. The molecule has 1 aliphatic rings. The Morgan fingerprint density at radius 2 is 2.24 bits per heavy atom. The first kappa shape index (κ1) is 12.4. The predicted octanol–water partition coefficient (Wildman–Crippen LogP) is 3.04. The molecule has 0 aromatic carbocycles. The molecule has 2 rings (SSSR count). The summed E-state index contributed by atoms with van der Waals surface area (Å²) in [7, 11) is 0. The van der Waals surface area contributed by atoms with Crippen molar-refractivity contribution >= 4 is 5.95 Å². The van der Waals surface area contributed by atoms with Gasteiger partial charge in [-0.25, -0.2) is 0 Å². The Kier molecular flexibility index (Phi) is 3.69. The van der Waals surface area contributed by atoms with Gasteiger partial charge in [-0.2, -0.15) is 4.98 Å². The number of anilines is 1. The number of nitrogens with zero attached hydrogens (tertiary/aromatic N) is 3. The summed E-state index contributed by atoms with van der Waals surface area (Å²) in [5, 5.41) is 4.10. The zero-order valence-corrected chi connectivity index (χ0v) is 11.2. The molecular weight excluding hydrogens is 214 g/mol. The number of hydrogen-bond acceptors (Lipinski definition) is 4.